The van der Waals surface area contributed by atoms with Crippen molar-refractivity contribution in [3.63, 3.8) is 0 Å². The molecule has 2 heteroatoms. The summed E-state index contributed by atoms with van der Waals surface area (Å²) in [6.45, 7) is 0.912. The molecule has 2 rings (SSSR count). The van der Waals surface area contributed by atoms with Crippen LogP contribution in [0.1, 0.15) is 18.4 Å². The molecule has 1 aliphatic rings. The van der Waals surface area contributed by atoms with E-state index in [9.17, 15) is 5.11 Å². The zero-order valence-corrected chi connectivity index (χ0v) is 8.28. The van der Waals surface area contributed by atoms with Gasteiger partial charge in [-0.05, 0) is 18.4 Å². The first-order chi connectivity index (χ1) is 6.85. The third-order valence-corrected chi connectivity index (χ3v) is 2.84. The maximum atomic E-state index is 9.35. The molecule has 0 spiro atoms. The van der Waals surface area contributed by atoms with Crippen molar-refractivity contribution in [2.45, 2.75) is 24.9 Å². The Morgan fingerprint density at radius 2 is 2.07 bits per heavy atom. The predicted molar refractivity (Wildman–Crippen MR) is 55.1 cm³/mol. The van der Waals surface area contributed by atoms with Crippen molar-refractivity contribution in [2.24, 2.45) is 0 Å². The summed E-state index contributed by atoms with van der Waals surface area (Å²) >= 11 is 0. The van der Waals surface area contributed by atoms with Crippen LogP contribution in [0.15, 0.2) is 30.3 Å². The summed E-state index contributed by atoms with van der Waals surface area (Å²) in [4.78, 5) is 0. The second kappa shape index (κ2) is 4.11. The highest BCUT2D eigenvalue weighted by Gasteiger charge is 2.34. The van der Waals surface area contributed by atoms with E-state index in [-0.39, 0.29) is 12.2 Å². The molecule has 1 aromatic carbocycles. The molecule has 14 heavy (non-hydrogen) atoms. The van der Waals surface area contributed by atoms with E-state index in [1.165, 1.54) is 5.56 Å². The van der Waals surface area contributed by atoms with Gasteiger partial charge in [0.05, 0.1) is 12.2 Å². The van der Waals surface area contributed by atoms with E-state index < -0.39 is 0 Å². The Morgan fingerprint density at radius 1 is 1.29 bits per heavy atom. The number of ether oxygens (including phenoxy) is 1. The van der Waals surface area contributed by atoms with Crippen LogP contribution >= 0.6 is 0 Å². The van der Waals surface area contributed by atoms with Crippen LogP contribution < -0.4 is 0 Å². The van der Waals surface area contributed by atoms with Gasteiger partial charge in [-0.2, -0.15) is 0 Å². The second-order valence-electron chi connectivity index (χ2n) is 3.96. The Morgan fingerprint density at radius 3 is 2.64 bits per heavy atom. The Hall–Kier alpha value is -0.860. The summed E-state index contributed by atoms with van der Waals surface area (Å²) in [5.74, 6) is 0. The van der Waals surface area contributed by atoms with Gasteiger partial charge in [-0.15, -0.1) is 0 Å². The fourth-order valence-corrected chi connectivity index (χ4v) is 2.04. The number of aliphatic hydroxyl groups excluding tert-OH is 1. The van der Waals surface area contributed by atoms with Crippen LogP contribution in [0.2, 0.25) is 0 Å². The van der Waals surface area contributed by atoms with Crippen molar-refractivity contribution in [1.29, 1.82) is 0 Å². The largest absolute Gasteiger partial charge is 0.393 e. The Bertz CT molecular complexity index is 276. The molecule has 1 fully saturated rings. The van der Waals surface area contributed by atoms with Crippen LogP contribution in [0.3, 0.4) is 0 Å². The first-order valence-electron chi connectivity index (χ1n) is 5.13. The van der Waals surface area contributed by atoms with E-state index in [4.69, 9.17) is 4.74 Å². The summed E-state index contributed by atoms with van der Waals surface area (Å²) in [5.41, 5.74) is 0.935. The van der Waals surface area contributed by atoms with Gasteiger partial charge in [0.1, 0.15) is 0 Å². The van der Waals surface area contributed by atoms with Crippen LogP contribution in [0.4, 0.5) is 0 Å². The fraction of sp³-hybridized carbons (Fsp3) is 0.500. The van der Waals surface area contributed by atoms with Gasteiger partial charge in [-0.25, -0.2) is 0 Å². The highest BCUT2D eigenvalue weighted by Crippen LogP contribution is 2.28. The van der Waals surface area contributed by atoms with Crippen molar-refractivity contribution in [3.05, 3.63) is 35.9 Å². The molecule has 0 amide bonds. The van der Waals surface area contributed by atoms with Gasteiger partial charge in [-0.3, -0.25) is 0 Å². The van der Waals surface area contributed by atoms with Gasteiger partial charge in [-0.1, -0.05) is 30.3 Å². The summed E-state index contributed by atoms with van der Waals surface area (Å²) in [7, 11) is 0. The summed E-state index contributed by atoms with van der Waals surface area (Å²) in [6, 6.07) is 10.2. The Balaban J connectivity index is 2.08. The number of rotatable bonds is 3. The van der Waals surface area contributed by atoms with E-state index in [0.29, 0.717) is 0 Å². The molecule has 1 atom stereocenters. The molecular formula is C12H16O2. The number of benzene rings is 1. The van der Waals surface area contributed by atoms with Gasteiger partial charge in [0.2, 0.25) is 0 Å². The predicted octanol–water partition coefficient (Wildman–Crippen LogP) is 1.77. The van der Waals surface area contributed by atoms with Crippen molar-refractivity contribution >= 4 is 0 Å². The smallest absolute Gasteiger partial charge is 0.0952 e. The zero-order chi connectivity index (χ0) is 9.86. The first-order valence-corrected chi connectivity index (χ1v) is 5.13. The van der Waals surface area contributed by atoms with Crippen molar-refractivity contribution in [3.8, 4) is 0 Å². The monoisotopic (exact) mass is 192 g/mol. The molecule has 76 valence electrons. The summed E-state index contributed by atoms with van der Waals surface area (Å²) in [5, 5.41) is 9.35. The molecule has 1 unspecified atom stereocenters. The normalized spacial score (nSPS) is 26.6. The molecule has 0 aromatic heterocycles. The second-order valence-corrected chi connectivity index (χ2v) is 3.96. The summed E-state index contributed by atoms with van der Waals surface area (Å²) in [6.07, 6.45) is 2.86. The van der Waals surface area contributed by atoms with Crippen LogP contribution in [-0.4, -0.2) is 23.9 Å². The standard InChI is InChI=1S/C12H16O2/c13-10-12(7-4-8-14-12)9-11-5-2-1-3-6-11/h1-3,5-6,13H,4,7-10H2. The molecule has 0 aliphatic carbocycles. The van der Waals surface area contributed by atoms with Gasteiger partial charge in [0.25, 0.3) is 0 Å². The minimum Gasteiger partial charge on any atom is -0.393 e. The average molecular weight is 192 g/mol. The minimum atomic E-state index is -0.304. The van der Waals surface area contributed by atoms with Crippen molar-refractivity contribution in [1.82, 2.24) is 0 Å². The van der Waals surface area contributed by atoms with Crippen LogP contribution in [-0.2, 0) is 11.2 Å². The molecule has 2 nitrogen and oxygen atoms in total. The van der Waals surface area contributed by atoms with E-state index in [0.717, 1.165) is 25.9 Å². The lowest BCUT2D eigenvalue weighted by molar-refractivity contribution is -0.0376. The molecule has 1 N–H and O–H groups in total. The average Bonchev–Trinajstić information content (AvgIpc) is 2.69. The molecule has 0 bridgehead atoms. The van der Waals surface area contributed by atoms with Gasteiger partial charge >= 0.3 is 0 Å². The molecular weight excluding hydrogens is 176 g/mol. The molecule has 0 saturated carbocycles. The minimum absolute atomic E-state index is 0.127. The lowest BCUT2D eigenvalue weighted by atomic mass is 9.92. The maximum absolute atomic E-state index is 9.35. The van der Waals surface area contributed by atoms with Crippen LogP contribution in [0, 0.1) is 0 Å². The lowest BCUT2D eigenvalue weighted by Gasteiger charge is -2.25. The third-order valence-electron chi connectivity index (χ3n) is 2.84. The molecule has 0 radical (unpaired) electrons. The van der Waals surface area contributed by atoms with Crippen molar-refractivity contribution in [2.75, 3.05) is 13.2 Å². The van der Waals surface area contributed by atoms with Gasteiger partial charge in [0.15, 0.2) is 0 Å². The Labute approximate surface area is 84.5 Å². The topological polar surface area (TPSA) is 29.5 Å². The highest BCUT2D eigenvalue weighted by atomic mass is 16.5. The summed E-state index contributed by atoms with van der Waals surface area (Å²) < 4.78 is 5.64. The maximum Gasteiger partial charge on any atom is 0.0952 e. The van der Waals surface area contributed by atoms with E-state index in [1.807, 2.05) is 18.2 Å². The van der Waals surface area contributed by atoms with Crippen molar-refractivity contribution < 1.29 is 9.84 Å². The quantitative estimate of drug-likeness (QED) is 0.791. The highest BCUT2D eigenvalue weighted by molar-refractivity contribution is 5.17. The molecule has 1 aliphatic heterocycles. The number of aliphatic hydroxyl groups is 1. The fourth-order valence-electron chi connectivity index (χ4n) is 2.04. The van der Waals surface area contributed by atoms with Gasteiger partial charge in [0, 0.05) is 13.0 Å². The zero-order valence-electron chi connectivity index (χ0n) is 8.28. The lowest BCUT2D eigenvalue weighted by Crippen LogP contribution is -2.34. The first kappa shape index (κ1) is 9.69. The van der Waals surface area contributed by atoms with Crippen LogP contribution in [0.25, 0.3) is 0 Å². The number of hydrogen-bond acceptors (Lipinski definition) is 2. The van der Waals surface area contributed by atoms with E-state index in [1.54, 1.807) is 0 Å². The van der Waals surface area contributed by atoms with E-state index in [2.05, 4.69) is 12.1 Å². The van der Waals surface area contributed by atoms with Gasteiger partial charge < -0.3 is 9.84 Å². The SMILES string of the molecule is OCC1(Cc2ccccc2)CCCO1. The number of hydrogen-bond donors (Lipinski definition) is 1. The third kappa shape index (κ3) is 1.97. The Kier molecular flexibility index (Phi) is 2.85. The molecule has 1 heterocycles. The molecule has 1 saturated heterocycles. The molecule has 1 aromatic rings. The van der Waals surface area contributed by atoms with Crippen LogP contribution in [0.5, 0.6) is 0 Å². The van der Waals surface area contributed by atoms with E-state index >= 15 is 0 Å².